The molecule has 0 fully saturated rings. The van der Waals surface area contributed by atoms with E-state index in [1.165, 1.54) is 44.0 Å². The number of nitrogens with zero attached hydrogens (tertiary/aromatic N) is 1. The van der Waals surface area contributed by atoms with E-state index in [2.05, 4.69) is 78.0 Å². The Labute approximate surface area is 633 Å². The molecule has 110 heavy (non-hydrogen) atoms. The number of rotatable bonds is 33. The fraction of sp³-hybridized carbons (Fsp3) is 0.615. The second kappa shape index (κ2) is 86.5. The van der Waals surface area contributed by atoms with Crippen molar-refractivity contribution in [3.05, 3.63) is 108 Å². The lowest BCUT2D eigenvalue weighted by molar-refractivity contribution is -0.548. The highest BCUT2D eigenvalue weighted by molar-refractivity contribution is 6.02. The molecule has 2 amide bonds. The number of Topliss-reactive ketones (excluding diaryl/α,β-unsaturated/α-hetero) is 1. The van der Waals surface area contributed by atoms with Crippen LogP contribution >= 0.6 is 0 Å². The normalized spacial score (nSPS) is 9.52. The number of aliphatic hydroxyl groups excluding tert-OH is 2. The summed E-state index contributed by atoms with van der Waals surface area (Å²) >= 11 is 0. The minimum absolute atomic E-state index is 0. The van der Waals surface area contributed by atoms with E-state index in [0.717, 1.165) is 0 Å². The number of esters is 3. The van der Waals surface area contributed by atoms with Crippen molar-refractivity contribution in [2.45, 2.75) is 168 Å². The van der Waals surface area contributed by atoms with E-state index in [-0.39, 0.29) is 174 Å². The molecule has 0 aromatic heterocycles. The lowest BCUT2D eigenvalue weighted by atomic mass is 9.96. The summed E-state index contributed by atoms with van der Waals surface area (Å²) in [6.07, 6.45) is -35.0. The highest BCUT2D eigenvalue weighted by Gasteiger charge is 2.67. The molecular weight excluding hydrogens is 1550 g/mol. The Morgan fingerprint density at radius 1 is 0.455 bits per heavy atom. The molecule has 0 heterocycles. The second-order valence-corrected chi connectivity index (χ2v) is 15.4. The van der Waals surface area contributed by atoms with Crippen LogP contribution in [-0.2, 0) is 87.0 Å². The first kappa shape index (κ1) is 155. The molecule has 0 atom stereocenters. The Morgan fingerprint density at radius 2 is 0.755 bits per heavy atom. The minimum Gasteiger partial charge on any atom is -0.460 e. The van der Waals surface area contributed by atoms with Gasteiger partial charge in [-0.3, -0.25) is 14.3 Å². The lowest BCUT2D eigenvalue weighted by Gasteiger charge is -2.29. The van der Waals surface area contributed by atoms with Gasteiger partial charge in [0.15, 0.2) is 20.6 Å². The van der Waals surface area contributed by atoms with Gasteiger partial charge in [-0.15, -0.1) is 27.4 Å². The average Bonchev–Trinajstić information content (AvgIpc) is 0.797. The van der Waals surface area contributed by atoms with Gasteiger partial charge in [-0.1, -0.05) is 184 Å². The highest BCUT2D eigenvalue weighted by atomic mass is 19.4. The smallest absolute Gasteiger partial charge is 0.460 e. The third-order valence-corrected chi connectivity index (χ3v) is 8.21. The number of benzene rings is 2. The van der Waals surface area contributed by atoms with Gasteiger partial charge >= 0.3 is 67.1 Å². The van der Waals surface area contributed by atoms with Gasteiger partial charge in [-0.25, -0.2) is 69.6 Å². The maximum atomic E-state index is 12.7. The van der Waals surface area contributed by atoms with E-state index >= 15 is 0 Å². The zero-order chi connectivity index (χ0) is 75.8. The van der Waals surface area contributed by atoms with Crippen LogP contribution in [0, 0.1) is 0 Å². The fourth-order valence-electron chi connectivity index (χ4n) is 4.24. The summed E-state index contributed by atoms with van der Waals surface area (Å²) < 4.78 is 272. The summed E-state index contributed by atoms with van der Waals surface area (Å²) in [5.41, 5.74) is 2.12. The number of hydrogen-bond donors (Lipinski definition) is 4. The third kappa shape index (κ3) is 75.3. The van der Waals surface area contributed by atoms with E-state index in [4.69, 9.17) is 19.7 Å². The van der Waals surface area contributed by atoms with Crippen molar-refractivity contribution >= 4 is 42.0 Å². The summed E-state index contributed by atoms with van der Waals surface area (Å²) in [7, 11) is 2.94. The number of carbonyl (C=O) groups excluding carboxylic acids is 7. The molecule has 0 saturated heterocycles. The zero-order valence-corrected chi connectivity index (χ0v) is 50.4. The first-order valence-electron chi connectivity index (χ1n) is 24.8. The first-order chi connectivity index (χ1) is 44.6. The number of amides is 2. The van der Waals surface area contributed by atoms with Gasteiger partial charge in [-0.05, 0) is 29.8 Å². The predicted octanol–water partition coefficient (Wildman–Crippen LogP) is 18.9. The number of ketones is 1. The number of carbonyl (C=O) groups is 6. The van der Waals surface area contributed by atoms with Crippen LogP contribution < -0.4 is 10.6 Å². The van der Waals surface area contributed by atoms with Crippen molar-refractivity contribution in [1.82, 2.24) is 10.6 Å². The predicted molar refractivity (Wildman–Crippen MR) is 375 cm³/mol. The Hall–Kier alpha value is -8.14. The molecule has 0 spiro atoms. The standard InChI is InChI=1S/C16H16O3.C9H14FNO4.C8H12FNO4.C7H9NO3.2C4H2F8O3.C2H5FO.CH3FO.14CH4/c1-18-16(19-2,14-11-7-4-8-12-14)15(17)13-9-5-3-6-10-13;1-7(2)8(12)14-6-4-11-9(13)15-5-3-10;1-6(2)7(11)13-4-3-10-8(12)14-5-9;1-6(2)7(10)11-4-3-8-5-9;2*5-1-13-4(10,11)14-2(6,7)3(8,9)15-12;3-1-2-4;2-1-3;;;;;;;;;;;;;;/h3-12H,1-2H3;1,3-6H2,2H3,(H,11,13);1,3-5H2,2H3,(H,10,12);1,3-4H2,2H3;2*1H2;4H,1-2H2;3H,1H2;14*1H4. The topological polar surface area (TPSA) is 316 Å². The number of methoxy groups -OCH3 is 2. The molecule has 25 nitrogen and oxygen atoms in total. The summed E-state index contributed by atoms with van der Waals surface area (Å²) in [4.78, 5) is 81.8. The van der Waals surface area contributed by atoms with Gasteiger partial charge in [0, 0.05) is 42.1 Å². The van der Waals surface area contributed by atoms with Gasteiger partial charge in [0.05, 0.1) is 26.2 Å². The summed E-state index contributed by atoms with van der Waals surface area (Å²) in [6.45, 7) is 6.16. The van der Waals surface area contributed by atoms with E-state index in [1.54, 1.807) is 19.1 Å². The molecule has 0 radical (unpaired) electrons. The number of aliphatic hydroxyl groups is 2. The third-order valence-electron chi connectivity index (χ3n) is 8.21. The quantitative estimate of drug-likeness (QED) is 0.00594. The number of hydrogen-bond acceptors (Lipinski definition) is 23. The molecule has 666 valence electrons. The number of halogens is 20. The van der Waals surface area contributed by atoms with Gasteiger partial charge in [0.25, 0.3) is 5.79 Å². The van der Waals surface area contributed by atoms with E-state index in [1.807, 2.05) is 48.5 Å². The fourth-order valence-corrected chi connectivity index (χ4v) is 4.24. The van der Waals surface area contributed by atoms with E-state index in [0.29, 0.717) is 16.7 Å². The molecule has 0 saturated carbocycles. The zero-order valence-electron chi connectivity index (χ0n) is 50.4. The van der Waals surface area contributed by atoms with Crippen molar-refractivity contribution < 1.29 is 194 Å². The SMILES string of the molecule is C.C.C.C.C.C.C.C.C.C.C.C.C.C.C=C(C)C(=O)OCCN=C=O.C=C(C)C(=O)OCCNC(=O)OCCF.C=C(C)C(=O)OCCNC(=O)OCF.COC(OC)(C(=O)c1ccccc1)c1ccccc1.FCOC(F)(F)OC(F)(F)C(F)(F)OF.FCOC(F)(F)OC(F)(F)C(F)(F)OF.OCCF.OCF. The van der Waals surface area contributed by atoms with E-state index < -0.39 is 114 Å². The number of aliphatic imine (C=N–C) groups is 1. The Morgan fingerprint density at radius 3 is 1.01 bits per heavy atom. The van der Waals surface area contributed by atoms with Gasteiger partial charge in [0.2, 0.25) is 18.7 Å². The molecule has 0 bridgehead atoms. The largest absolute Gasteiger partial charge is 0.492 e. The van der Waals surface area contributed by atoms with Gasteiger partial charge in [0.1, 0.15) is 39.8 Å². The second-order valence-electron chi connectivity index (χ2n) is 15.4. The maximum Gasteiger partial charge on any atom is 0.492 e. The monoisotopic (exact) mass is 1670 g/mol. The number of isocyanates is 1. The van der Waals surface area contributed by atoms with Crippen LogP contribution in [0.25, 0.3) is 0 Å². The molecule has 0 unspecified atom stereocenters. The Kier molecular flexibility index (Phi) is 122. The van der Waals surface area contributed by atoms with Crippen LogP contribution in [0.4, 0.5) is 97.7 Å². The molecule has 2 aromatic carbocycles. The van der Waals surface area contributed by atoms with Crippen molar-refractivity contribution in [2.24, 2.45) is 4.99 Å². The van der Waals surface area contributed by atoms with Crippen molar-refractivity contribution in [2.75, 3.05) is 108 Å². The molecule has 2 aromatic rings. The maximum absolute atomic E-state index is 12.7. The summed E-state index contributed by atoms with van der Waals surface area (Å²) in [5, 5.41) is 18.8. The molecule has 4 N–H and O–H groups in total. The van der Waals surface area contributed by atoms with Gasteiger partial charge < -0.3 is 54.0 Å². The molecule has 0 aliphatic heterocycles. The average molecular weight is 1670 g/mol. The Bertz CT molecular complexity index is 2510. The molecule has 0 aliphatic rings. The Balaban J connectivity index is -0.0000000473. The van der Waals surface area contributed by atoms with Crippen LogP contribution in [0.15, 0.2) is 102 Å². The summed E-state index contributed by atoms with van der Waals surface area (Å²) in [6, 6.07) is 18.2. The van der Waals surface area contributed by atoms with Crippen LogP contribution in [0.1, 0.15) is 141 Å². The minimum atomic E-state index is -6.04. The van der Waals surface area contributed by atoms with Crippen molar-refractivity contribution in [3.63, 3.8) is 0 Å². The lowest BCUT2D eigenvalue weighted by Crippen LogP contribution is -2.48. The van der Waals surface area contributed by atoms with E-state index in [9.17, 15) is 122 Å². The number of nitrogens with one attached hydrogen (secondary N) is 2. The summed E-state index contributed by atoms with van der Waals surface area (Å²) in [5.74, 6) is -3.14. The van der Waals surface area contributed by atoms with Crippen LogP contribution in [0.5, 0.6) is 0 Å². The molecule has 2 rings (SSSR count). The van der Waals surface area contributed by atoms with Crippen LogP contribution in [0.2, 0.25) is 0 Å². The highest BCUT2D eigenvalue weighted by Crippen LogP contribution is 2.42. The van der Waals surface area contributed by atoms with Crippen LogP contribution in [0.3, 0.4) is 0 Å². The number of alkyl halides is 18. The van der Waals surface area contributed by atoms with Gasteiger partial charge in [-0.2, -0.15) is 35.1 Å². The first-order valence-corrected chi connectivity index (χ1v) is 24.8. The van der Waals surface area contributed by atoms with Crippen molar-refractivity contribution in [1.29, 1.82) is 0 Å². The van der Waals surface area contributed by atoms with Crippen molar-refractivity contribution in [3.8, 4) is 0 Å². The van der Waals surface area contributed by atoms with Crippen LogP contribution in [-0.4, -0.2) is 197 Å². The number of ether oxygens (including phenoxy) is 11. The number of alkyl carbamates (subject to hydrolysis) is 2. The molecule has 45 heteroatoms. The molecule has 0 aliphatic carbocycles. The molecular formula is C65H119F20N3O22.